The minimum atomic E-state index is -0.567. The third-order valence-electron chi connectivity index (χ3n) is 8.93. The van der Waals surface area contributed by atoms with Crippen molar-refractivity contribution in [1.29, 1.82) is 0 Å². The van der Waals surface area contributed by atoms with Crippen LogP contribution in [0.3, 0.4) is 0 Å². The van der Waals surface area contributed by atoms with Crippen molar-refractivity contribution in [2.75, 3.05) is 19.8 Å². The van der Waals surface area contributed by atoms with Crippen LogP contribution in [-0.2, 0) is 23.8 Å². The second kappa shape index (κ2) is 44.5. The Hall–Kier alpha value is -2.92. The van der Waals surface area contributed by atoms with Crippen LogP contribution in [-0.4, -0.2) is 37.9 Å². The van der Waals surface area contributed by atoms with E-state index in [1.54, 1.807) is 0 Å². The largest absolute Gasteiger partial charge is 0.462 e. The van der Waals surface area contributed by atoms with Crippen LogP contribution in [0.1, 0.15) is 188 Å². The summed E-state index contributed by atoms with van der Waals surface area (Å²) in [6, 6.07) is 0. The molecule has 0 aromatic heterocycles. The van der Waals surface area contributed by atoms with Crippen molar-refractivity contribution in [2.24, 2.45) is 0 Å². The average molecular weight is 751 g/mol. The summed E-state index contributed by atoms with van der Waals surface area (Å²) in [4.78, 5) is 25.1. The van der Waals surface area contributed by atoms with Gasteiger partial charge in [-0.3, -0.25) is 9.59 Å². The monoisotopic (exact) mass is 751 g/mol. The SMILES string of the molecule is CC/C=C\C/C=C\C/C=C\C/C=C\C/C=C\C/C=C\CCC(=O)OCC(COCCCCCCCC/C=C\CCCC)OC(=O)CCCCCCCCC. The molecule has 0 spiro atoms. The lowest BCUT2D eigenvalue weighted by Gasteiger charge is -2.18. The van der Waals surface area contributed by atoms with Crippen LogP contribution in [0.4, 0.5) is 0 Å². The number of ether oxygens (including phenoxy) is 3. The molecule has 0 amide bonds. The van der Waals surface area contributed by atoms with E-state index < -0.39 is 6.10 Å². The molecule has 1 unspecified atom stereocenters. The molecule has 5 heteroatoms. The fourth-order valence-corrected chi connectivity index (χ4v) is 5.63. The first-order chi connectivity index (χ1) is 26.6. The third kappa shape index (κ3) is 41.8. The Morgan fingerprint density at radius 1 is 0.426 bits per heavy atom. The van der Waals surface area contributed by atoms with Crippen LogP contribution in [0.25, 0.3) is 0 Å². The van der Waals surface area contributed by atoms with Crippen molar-refractivity contribution in [1.82, 2.24) is 0 Å². The average Bonchev–Trinajstić information content (AvgIpc) is 3.17. The Bertz CT molecular complexity index is 1030. The predicted octanol–water partition coefficient (Wildman–Crippen LogP) is 14.6. The molecule has 0 aliphatic carbocycles. The Labute approximate surface area is 333 Å². The molecule has 5 nitrogen and oxygen atoms in total. The zero-order valence-electron chi connectivity index (χ0n) is 35.2. The van der Waals surface area contributed by atoms with Gasteiger partial charge in [-0.25, -0.2) is 0 Å². The van der Waals surface area contributed by atoms with Crippen LogP contribution in [0, 0.1) is 0 Å². The van der Waals surface area contributed by atoms with Crippen LogP contribution in [0.2, 0.25) is 0 Å². The first-order valence-corrected chi connectivity index (χ1v) is 22.1. The molecular formula is C49H82O5. The molecule has 0 fully saturated rings. The van der Waals surface area contributed by atoms with Gasteiger partial charge in [0.15, 0.2) is 6.10 Å². The van der Waals surface area contributed by atoms with Crippen molar-refractivity contribution in [2.45, 2.75) is 194 Å². The molecule has 308 valence electrons. The highest BCUT2D eigenvalue weighted by Gasteiger charge is 2.17. The summed E-state index contributed by atoms with van der Waals surface area (Å²) in [7, 11) is 0. The van der Waals surface area contributed by atoms with Crippen LogP contribution in [0.5, 0.6) is 0 Å². The van der Waals surface area contributed by atoms with Gasteiger partial charge < -0.3 is 14.2 Å². The molecule has 0 aromatic carbocycles. The van der Waals surface area contributed by atoms with E-state index in [4.69, 9.17) is 14.2 Å². The summed E-state index contributed by atoms with van der Waals surface area (Å²) in [5.74, 6) is -0.509. The van der Waals surface area contributed by atoms with Gasteiger partial charge in [0, 0.05) is 19.4 Å². The fraction of sp³-hybridized carbons (Fsp3) is 0.673. The van der Waals surface area contributed by atoms with Gasteiger partial charge in [0.2, 0.25) is 0 Å². The zero-order valence-corrected chi connectivity index (χ0v) is 35.2. The van der Waals surface area contributed by atoms with Crippen molar-refractivity contribution < 1.29 is 23.8 Å². The number of carbonyl (C=O) groups excluding carboxylic acids is 2. The number of allylic oxidation sites excluding steroid dienone is 14. The van der Waals surface area contributed by atoms with E-state index >= 15 is 0 Å². The lowest BCUT2D eigenvalue weighted by atomic mass is 10.1. The van der Waals surface area contributed by atoms with E-state index in [1.807, 2.05) is 6.08 Å². The fourth-order valence-electron chi connectivity index (χ4n) is 5.63. The van der Waals surface area contributed by atoms with Crippen molar-refractivity contribution in [3.63, 3.8) is 0 Å². The zero-order chi connectivity index (χ0) is 39.3. The van der Waals surface area contributed by atoms with Crippen molar-refractivity contribution in [3.8, 4) is 0 Å². The molecule has 54 heavy (non-hydrogen) atoms. The molecule has 0 rings (SSSR count). The molecule has 0 heterocycles. The molecule has 0 aliphatic heterocycles. The molecule has 1 atom stereocenters. The highest BCUT2D eigenvalue weighted by Crippen LogP contribution is 2.11. The molecule has 0 aromatic rings. The molecule has 0 saturated carbocycles. The van der Waals surface area contributed by atoms with E-state index in [0.29, 0.717) is 25.9 Å². The Morgan fingerprint density at radius 3 is 1.46 bits per heavy atom. The number of carbonyl (C=O) groups is 2. The Balaban J connectivity index is 4.30. The van der Waals surface area contributed by atoms with Crippen LogP contribution >= 0.6 is 0 Å². The van der Waals surface area contributed by atoms with E-state index in [1.165, 1.54) is 77.0 Å². The quantitative estimate of drug-likeness (QED) is 0.0356. The smallest absolute Gasteiger partial charge is 0.306 e. The van der Waals surface area contributed by atoms with Crippen molar-refractivity contribution >= 4 is 11.9 Å². The van der Waals surface area contributed by atoms with Gasteiger partial charge in [-0.2, -0.15) is 0 Å². The maximum absolute atomic E-state index is 12.6. The Kier molecular flexibility index (Phi) is 42.1. The maximum Gasteiger partial charge on any atom is 0.306 e. The third-order valence-corrected chi connectivity index (χ3v) is 8.93. The molecule has 0 bridgehead atoms. The van der Waals surface area contributed by atoms with Gasteiger partial charge in [-0.15, -0.1) is 0 Å². The van der Waals surface area contributed by atoms with E-state index in [9.17, 15) is 9.59 Å². The maximum atomic E-state index is 12.6. The molecule has 0 aliphatic rings. The number of hydrogen-bond acceptors (Lipinski definition) is 5. The molecular weight excluding hydrogens is 669 g/mol. The first-order valence-electron chi connectivity index (χ1n) is 22.1. The summed E-state index contributed by atoms with van der Waals surface area (Å²) in [5.41, 5.74) is 0. The normalized spacial score (nSPS) is 13.0. The van der Waals surface area contributed by atoms with Crippen LogP contribution in [0.15, 0.2) is 85.1 Å². The number of rotatable bonds is 39. The summed E-state index contributed by atoms with van der Waals surface area (Å²) >= 11 is 0. The van der Waals surface area contributed by atoms with Gasteiger partial charge in [-0.1, -0.05) is 183 Å². The van der Waals surface area contributed by atoms with E-state index in [2.05, 4.69) is 99.8 Å². The van der Waals surface area contributed by atoms with Crippen molar-refractivity contribution in [3.05, 3.63) is 85.1 Å². The molecule has 0 N–H and O–H groups in total. The minimum Gasteiger partial charge on any atom is -0.462 e. The summed E-state index contributed by atoms with van der Waals surface area (Å²) < 4.78 is 17.1. The van der Waals surface area contributed by atoms with Gasteiger partial charge in [0.25, 0.3) is 0 Å². The number of esters is 2. The standard InChI is InChI=1S/C49H82O5/c1-4-7-10-13-16-18-20-22-23-24-25-26-27-28-29-31-34-36-39-42-48(50)53-46-47(54-49(51)43-40-37-33-15-12-9-6-3)45-52-44-41-38-35-32-30-21-19-17-14-11-8-5-2/h7,10,14,16-18,22-23,25-26,28-29,34,36,47H,4-6,8-9,11-13,15,19-21,24,27,30-33,35,37-46H2,1-3H3/b10-7-,17-14-,18-16-,23-22-,26-25-,29-28-,36-34-. The molecule has 0 radical (unpaired) electrons. The van der Waals surface area contributed by atoms with Gasteiger partial charge >= 0.3 is 11.9 Å². The first kappa shape index (κ1) is 51.1. The van der Waals surface area contributed by atoms with Crippen LogP contribution < -0.4 is 0 Å². The second-order valence-electron chi connectivity index (χ2n) is 14.2. The Morgan fingerprint density at radius 2 is 0.889 bits per heavy atom. The summed E-state index contributed by atoms with van der Waals surface area (Å²) in [5, 5.41) is 0. The van der Waals surface area contributed by atoms with E-state index in [-0.39, 0.29) is 25.2 Å². The number of unbranched alkanes of at least 4 members (excludes halogenated alkanes) is 14. The van der Waals surface area contributed by atoms with Gasteiger partial charge in [-0.05, 0) is 77.0 Å². The summed E-state index contributed by atoms with van der Waals surface area (Å²) in [6.07, 6.45) is 57.4. The second-order valence-corrected chi connectivity index (χ2v) is 14.2. The highest BCUT2D eigenvalue weighted by molar-refractivity contribution is 5.70. The lowest BCUT2D eigenvalue weighted by Crippen LogP contribution is -2.30. The highest BCUT2D eigenvalue weighted by atomic mass is 16.6. The topological polar surface area (TPSA) is 61.8 Å². The molecule has 0 saturated heterocycles. The predicted molar refractivity (Wildman–Crippen MR) is 233 cm³/mol. The van der Waals surface area contributed by atoms with E-state index in [0.717, 1.165) is 70.6 Å². The van der Waals surface area contributed by atoms with Gasteiger partial charge in [0.1, 0.15) is 6.61 Å². The minimum absolute atomic E-state index is 0.0399. The summed E-state index contributed by atoms with van der Waals surface area (Å²) in [6.45, 7) is 7.53. The van der Waals surface area contributed by atoms with Gasteiger partial charge in [0.05, 0.1) is 6.61 Å². The number of hydrogen-bond donors (Lipinski definition) is 0. The lowest BCUT2D eigenvalue weighted by molar-refractivity contribution is -0.162.